The van der Waals surface area contributed by atoms with Crippen molar-refractivity contribution in [3.63, 3.8) is 0 Å². The van der Waals surface area contributed by atoms with E-state index in [1.54, 1.807) is 23.1 Å². The summed E-state index contributed by atoms with van der Waals surface area (Å²) < 4.78 is 0. The van der Waals surface area contributed by atoms with Crippen LogP contribution in [-0.2, 0) is 0 Å². The fraction of sp³-hybridized carbons (Fsp3) is 0.500. The lowest BCUT2D eigenvalue weighted by molar-refractivity contribution is 0.0791. The summed E-state index contributed by atoms with van der Waals surface area (Å²) in [6, 6.07) is 7.12. The number of nitrogens with zero attached hydrogens (tertiary/aromatic N) is 1. The van der Waals surface area contributed by atoms with Crippen LogP contribution in [0.3, 0.4) is 0 Å². The molecule has 1 amide bonds. The van der Waals surface area contributed by atoms with Crippen molar-refractivity contribution in [1.29, 1.82) is 0 Å². The highest BCUT2D eigenvalue weighted by Gasteiger charge is 2.11. The van der Waals surface area contributed by atoms with Gasteiger partial charge in [0, 0.05) is 24.8 Å². The normalized spacial score (nSPS) is 10.6. The summed E-state index contributed by atoms with van der Waals surface area (Å²) in [5, 5.41) is 0. The molecule has 0 fully saturated rings. The third-order valence-electron chi connectivity index (χ3n) is 2.76. The van der Waals surface area contributed by atoms with Crippen LogP contribution < -0.4 is 5.73 Å². The predicted octanol–water partition coefficient (Wildman–Crippen LogP) is 2.78. The maximum atomic E-state index is 12.0. The van der Waals surface area contributed by atoms with Crippen LogP contribution in [0.15, 0.2) is 24.3 Å². The molecule has 0 atom stereocenters. The largest absolute Gasteiger partial charge is 0.399 e. The highest BCUT2D eigenvalue weighted by atomic mass is 16.2. The Bertz CT molecular complexity index is 374. The smallest absolute Gasteiger partial charge is 0.253 e. The summed E-state index contributed by atoms with van der Waals surface area (Å²) in [6.45, 7) is 5.19. The fourth-order valence-electron chi connectivity index (χ4n) is 1.73. The lowest BCUT2D eigenvalue weighted by Gasteiger charge is -2.18. The van der Waals surface area contributed by atoms with Crippen LogP contribution in [0.4, 0.5) is 5.69 Å². The first-order chi connectivity index (χ1) is 8.00. The van der Waals surface area contributed by atoms with E-state index in [-0.39, 0.29) is 5.91 Å². The van der Waals surface area contributed by atoms with Gasteiger partial charge in [0.1, 0.15) is 0 Å². The van der Waals surface area contributed by atoms with Gasteiger partial charge in [-0.1, -0.05) is 19.9 Å². The van der Waals surface area contributed by atoms with Gasteiger partial charge in [0.05, 0.1) is 0 Å². The van der Waals surface area contributed by atoms with Gasteiger partial charge in [-0.3, -0.25) is 4.79 Å². The molecule has 3 nitrogen and oxygen atoms in total. The number of amides is 1. The minimum Gasteiger partial charge on any atom is -0.399 e. The molecule has 94 valence electrons. The highest BCUT2D eigenvalue weighted by molar-refractivity contribution is 5.94. The fourth-order valence-corrected chi connectivity index (χ4v) is 1.73. The Hall–Kier alpha value is -1.51. The first-order valence-corrected chi connectivity index (χ1v) is 6.11. The second-order valence-corrected chi connectivity index (χ2v) is 4.89. The maximum absolute atomic E-state index is 12.0. The van der Waals surface area contributed by atoms with Crippen LogP contribution in [0, 0.1) is 5.92 Å². The zero-order valence-electron chi connectivity index (χ0n) is 10.9. The first kappa shape index (κ1) is 13.6. The van der Waals surface area contributed by atoms with Gasteiger partial charge < -0.3 is 10.6 Å². The molecule has 0 bridgehead atoms. The molecule has 0 aliphatic carbocycles. The van der Waals surface area contributed by atoms with Crippen molar-refractivity contribution in [3.8, 4) is 0 Å². The molecule has 1 aromatic carbocycles. The summed E-state index contributed by atoms with van der Waals surface area (Å²) in [5.74, 6) is 0.729. The Morgan fingerprint density at radius 2 is 2.12 bits per heavy atom. The Morgan fingerprint density at radius 1 is 1.41 bits per heavy atom. The van der Waals surface area contributed by atoms with Gasteiger partial charge in [0.25, 0.3) is 5.91 Å². The van der Waals surface area contributed by atoms with Gasteiger partial charge in [-0.2, -0.15) is 0 Å². The Labute approximate surface area is 104 Å². The van der Waals surface area contributed by atoms with Gasteiger partial charge in [-0.05, 0) is 37.0 Å². The van der Waals surface area contributed by atoms with E-state index in [4.69, 9.17) is 5.73 Å². The molecule has 1 aromatic rings. The van der Waals surface area contributed by atoms with Crippen LogP contribution in [0.5, 0.6) is 0 Å². The van der Waals surface area contributed by atoms with E-state index >= 15 is 0 Å². The van der Waals surface area contributed by atoms with Crippen molar-refractivity contribution in [2.75, 3.05) is 19.3 Å². The van der Waals surface area contributed by atoms with Crippen LogP contribution in [-0.4, -0.2) is 24.4 Å². The molecule has 0 unspecified atom stereocenters. The zero-order valence-corrected chi connectivity index (χ0v) is 10.9. The first-order valence-electron chi connectivity index (χ1n) is 6.11. The molecule has 0 spiro atoms. The summed E-state index contributed by atoms with van der Waals surface area (Å²) in [6.07, 6.45) is 2.19. The van der Waals surface area contributed by atoms with Crippen LogP contribution in [0.1, 0.15) is 37.0 Å². The van der Waals surface area contributed by atoms with Crippen molar-refractivity contribution in [1.82, 2.24) is 4.90 Å². The molecule has 0 aromatic heterocycles. The number of hydrogen-bond acceptors (Lipinski definition) is 2. The van der Waals surface area contributed by atoms with E-state index in [0.717, 1.165) is 19.4 Å². The third-order valence-corrected chi connectivity index (χ3v) is 2.76. The van der Waals surface area contributed by atoms with Gasteiger partial charge in [0.2, 0.25) is 0 Å². The van der Waals surface area contributed by atoms with Crippen molar-refractivity contribution in [2.24, 2.45) is 5.92 Å². The zero-order chi connectivity index (χ0) is 12.8. The molecule has 3 heteroatoms. The molecule has 0 aliphatic rings. The van der Waals surface area contributed by atoms with E-state index in [2.05, 4.69) is 13.8 Å². The average molecular weight is 234 g/mol. The number of carbonyl (C=O) groups excluding carboxylic acids is 1. The number of anilines is 1. The van der Waals surface area contributed by atoms with Crippen molar-refractivity contribution in [3.05, 3.63) is 29.8 Å². The molecule has 0 aliphatic heterocycles. The van der Waals surface area contributed by atoms with Crippen LogP contribution >= 0.6 is 0 Å². The second kappa shape index (κ2) is 6.28. The minimum atomic E-state index is 0.0426. The number of rotatable bonds is 5. The highest BCUT2D eigenvalue weighted by Crippen LogP contribution is 2.10. The summed E-state index contributed by atoms with van der Waals surface area (Å²) in [7, 11) is 1.84. The van der Waals surface area contributed by atoms with Crippen molar-refractivity contribution in [2.45, 2.75) is 26.7 Å². The lowest BCUT2D eigenvalue weighted by Crippen LogP contribution is -2.27. The third kappa shape index (κ3) is 4.47. The molecule has 0 radical (unpaired) electrons. The lowest BCUT2D eigenvalue weighted by atomic mass is 10.1. The number of nitrogen functional groups attached to an aromatic ring is 1. The van der Waals surface area contributed by atoms with E-state index in [9.17, 15) is 4.79 Å². The van der Waals surface area contributed by atoms with Gasteiger partial charge >= 0.3 is 0 Å². The van der Waals surface area contributed by atoms with Gasteiger partial charge in [0.15, 0.2) is 0 Å². The Morgan fingerprint density at radius 3 is 2.71 bits per heavy atom. The summed E-state index contributed by atoms with van der Waals surface area (Å²) in [4.78, 5) is 13.8. The Kier molecular flexibility index (Phi) is 5.01. The second-order valence-electron chi connectivity index (χ2n) is 4.89. The standard InChI is InChI=1S/C14H22N2O/c1-11(2)6-5-9-16(3)14(17)12-7-4-8-13(15)10-12/h4,7-8,10-11H,5-6,9,15H2,1-3H3. The molecule has 0 saturated heterocycles. The topological polar surface area (TPSA) is 46.3 Å². The number of hydrogen-bond donors (Lipinski definition) is 1. The molecule has 0 saturated carbocycles. The van der Waals surface area contributed by atoms with E-state index in [1.165, 1.54) is 0 Å². The molecule has 2 N–H and O–H groups in total. The molecule has 17 heavy (non-hydrogen) atoms. The maximum Gasteiger partial charge on any atom is 0.253 e. The predicted molar refractivity (Wildman–Crippen MR) is 71.9 cm³/mol. The number of nitrogens with two attached hydrogens (primary N) is 1. The van der Waals surface area contributed by atoms with Crippen LogP contribution in [0.2, 0.25) is 0 Å². The van der Waals surface area contributed by atoms with Crippen LogP contribution in [0.25, 0.3) is 0 Å². The summed E-state index contributed by atoms with van der Waals surface area (Å²) in [5.41, 5.74) is 6.96. The van der Waals surface area contributed by atoms with Gasteiger partial charge in [-0.25, -0.2) is 0 Å². The van der Waals surface area contributed by atoms with E-state index in [0.29, 0.717) is 17.2 Å². The average Bonchev–Trinajstić information content (AvgIpc) is 2.27. The minimum absolute atomic E-state index is 0.0426. The van der Waals surface area contributed by atoms with Crippen molar-refractivity contribution >= 4 is 11.6 Å². The van der Waals surface area contributed by atoms with Gasteiger partial charge in [-0.15, -0.1) is 0 Å². The molecule has 1 rings (SSSR count). The SMILES string of the molecule is CC(C)CCCN(C)C(=O)c1cccc(N)c1. The molecular formula is C14H22N2O. The monoisotopic (exact) mass is 234 g/mol. The van der Waals surface area contributed by atoms with E-state index < -0.39 is 0 Å². The Balaban J connectivity index is 2.52. The number of carbonyl (C=O) groups is 1. The molecule has 0 heterocycles. The van der Waals surface area contributed by atoms with E-state index in [1.807, 2.05) is 13.1 Å². The quantitative estimate of drug-likeness (QED) is 0.796. The number of benzene rings is 1. The molecular weight excluding hydrogens is 212 g/mol. The summed E-state index contributed by atoms with van der Waals surface area (Å²) >= 11 is 0. The van der Waals surface area contributed by atoms with Crippen molar-refractivity contribution < 1.29 is 4.79 Å².